The Kier molecular flexibility index (Phi) is 5.31. The van der Waals surface area contributed by atoms with E-state index in [-0.39, 0.29) is 5.90 Å². The van der Waals surface area contributed by atoms with E-state index in [4.69, 9.17) is 14.9 Å². The standard InChI is InChI=1S/C21H21NO3/c1-2-24-21(22)20(23)19-17-11-7-6-10-16(17)12-13-18(19)25-14-15-8-4-3-5-9-15/h3-13,20,22-23H,2,14H2,1H3. The average Bonchev–Trinajstić information content (AvgIpc) is 2.66. The van der Waals surface area contributed by atoms with Crippen molar-refractivity contribution in [1.29, 1.82) is 5.41 Å². The van der Waals surface area contributed by atoms with Gasteiger partial charge in [-0.15, -0.1) is 0 Å². The van der Waals surface area contributed by atoms with Gasteiger partial charge in [0, 0.05) is 5.56 Å². The molecule has 3 rings (SSSR count). The molecule has 0 saturated heterocycles. The van der Waals surface area contributed by atoms with Gasteiger partial charge in [-0.2, -0.15) is 0 Å². The first kappa shape index (κ1) is 17.0. The first-order valence-electron chi connectivity index (χ1n) is 8.28. The third-order valence-electron chi connectivity index (χ3n) is 3.99. The highest BCUT2D eigenvalue weighted by atomic mass is 16.5. The van der Waals surface area contributed by atoms with Crippen molar-refractivity contribution in [3.05, 3.63) is 77.9 Å². The fourth-order valence-corrected chi connectivity index (χ4v) is 2.78. The number of hydrogen-bond acceptors (Lipinski definition) is 4. The summed E-state index contributed by atoms with van der Waals surface area (Å²) in [5.41, 5.74) is 1.60. The van der Waals surface area contributed by atoms with E-state index in [0.29, 0.717) is 24.5 Å². The summed E-state index contributed by atoms with van der Waals surface area (Å²) in [5, 5.41) is 20.5. The summed E-state index contributed by atoms with van der Waals surface area (Å²) in [6, 6.07) is 21.4. The Bertz CT molecular complexity index is 861. The molecule has 0 aliphatic carbocycles. The van der Waals surface area contributed by atoms with E-state index in [1.54, 1.807) is 6.92 Å². The van der Waals surface area contributed by atoms with Crippen LogP contribution in [0, 0.1) is 5.41 Å². The molecule has 0 aliphatic rings. The van der Waals surface area contributed by atoms with Crippen LogP contribution in [-0.4, -0.2) is 17.6 Å². The summed E-state index contributed by atoms with van der Waals surface area (Å²) in [6.45, 7) is 2.51. The van der Waals surface area contributed by atoms with Crippen molar-refractivity contribution in [3.8, 4) is 5.75 Å². The molecule has 4 nitrogen and oxygen atoms in total. The molecule has 0 amide bonds. The molecule has 1 unspecified atom stereocenters. The van der Waals surface area contributed by atoms with Crippen molar-refractivity contribution in [3.63, 3.8) is 0 Å². The van der Waals surface area contributed by atoms with Crippen molar-refractivity contribution in [2.45, 2.75) is 19.6 Å². The molecule has 128 valence electrons. The van der Waals surface area contributed by atoms with Crippen LogP contribution < -0.4 is 4.74 Å². The Morgan fingerprint density at radius 3 is 2.48 bits per heavy atom. The molecule has 25 heavy (non-hydrogen) atoms. The van der Waals surface area contributed by atoms with E-state index >= 15 is 0 Å². The van der Waals surface area contributed by atoms with Crippen LogP contribution in [0.15, 0.2) is 66.7 Å². The highest BCUT2D eigenvalue weighted by Gasteiger charge is 2.22. The van der Waals surface area contributed by atoms with Crippen molar-refractivity contribution in [2.24, 2.45) is 0 Å². The van der Waals surface area contributed by atoms with Gasteiger partial charge < -0.3 is 14.6 Å². The third-order valence-corrected chi connectivity index (χ3v) is 3.99. The van der Waals surface area contributed by atoms with Crippen LogP contribution in [0.5, 0.6) is 5.75 Å². The molecule has 4 heteroatoms. The van der Waals surface area contributed by atoms with Gasteiger partial charge in [-0.3, -0.25) is 5.41 Å². The Hall–Kier alpha value is -2.85. The number of ether oxygens (including phenoxy) is 2. The number of nitrogens with one attached hydrogen (secondary N) is 1. The first-order chi connectivity index (χ1) is 12.2. The lowest BCUT2D eigenvalue weighted by Gasteiger charge is -2.19. The smallest absolute Gasteiger partial charge is 0.215 e. The van der Waals surface area contributed by atoms with E-state index in [9.17, 15) is 5.11 Å². The van der Waals surface area contributed by atoms with Crippen LogP contribution in [0.25, 0.3) is 10.8 Å². The van der Waals surface area contributed by atoms with Crippen LogP contribution in [-0.2, 0) is 11.3 Å². The molecule has 0 radical (unpaired) electrons. The largest absolute Gasteiger partial charge is 0.488 e. The van der Waals surface area contributed by atoms with Crippen molar-refractivity contribution >= 4 is 16.7 Å². The second-order valence-corrected chi connectivity index (χ2v) is 5.67. The van der Waals surface area contributed by atoms with Crippen molar-refractivity contribution in [1.82, 2.24) is 0 Å². The maximum Gasteiger partial charge on any atom is 0.215 e. The minimum absolute atomic E-state index is 0.177. The predicted molar refractivity (Wildman–Crippen MR) is 99.0 cm³/mol. The number of benzene rings is 3. The van der Waals surface area contributed by atoms with Crippen LogP contribution >= 0.6 is 0 Å². The first-order valence-corrected chi connectivity index (χ1v) is 8.28. The molecule has 3 aromatic rings. The zero-order valence-electron chi connectivity index (χ0n) is 14.1. The zero-order chi connectivity index (χ0) is 17.6. The summed E-state index contributed by atoms with van der Waals surface area (Å²) in [6.07, 6.45) is -1.17. The summed E-state index contributed by atoms with van der Waals surface area (Å²) in [7, 11) is 0. The lowest BCUT2D eigenvalue weighted by molar-refractivity contribution is 0.185. The minimum atomic E-state index is -1.17. The number of rotatable bonds is 6. The Morgan fingerprint density at radius 2 is 1.72 bits per heavy atom. The second kappa shape index (κ2) is 7.81. The lowest BCUT2D eigenvalue weighted by atomic mass is 9.99. The van der Waals surface area contributed by atoms with E-state index in [2.05, 4.69) is 0 Å². The lowest BCUT2D eigenvalue weighted by Crippen LogP contribution is -2.16. The summed E-state index contributed by atoms with van der Waals surface area (Å²) < 4.78 is 11.2. The van der Waals surface area contributed by atoms with Gasteiger partial charge in [0.1, 0.15) is 12.4 Å². The van der Waals surface area contributed by atoms with Crippen molar-refractivity contribution in [2.75, 3.05) is 6.61 Å². The topological polar surface area (TPSA) is 62.5 Å². The Morgan fingerprint density at radius 1 is 1.00 bits per heavy atom. The maximum absolute atomic E-state index is 10.7. The number of hydrogen-bond donors (Lipinski definition) is 2. The molecule has 0 aromatic heterocycles. The van der Waals surface area contributed by atoms with E-state index in [0.717, 1.165) is 16.3 Å². The number of aliphatic hydroxyl groups excluding tert-OH is 1. The van der Waals surface area contributed by atoms with Crippen LogP contribution in [0.2, 0.25) is 0 Å². The van der Waals surface area contributed by atoms with Gasteiger partial charge in [0.05, 0.1) is 6.61 Å². The number of fused-ring (bicyclic) bond motifs is 1. The van der Waals surface area contributed by atoms with Crippen LogP contribution in [0.4, 0.5) is 0 Å². The highest BCUT2D eigenvalue weighted by molar-refractivity contribution is 5.93. The van der Waals surface area contributed by atoms with Crippen LogP contribution in [0.3, 0.4) is 0 Å². The molecule has 2 N–H and O–H groups in total. The monoisotopic (exact) mass is 335 g/mol. The fraction of sp³-hybridized carbons (Fsp3) is 0.190. The number of aliphatic hydroxyl groups is 1. The molecule has 0 heterocycles. The maximum atomic E-state index is 10.7. The predicted octanol–water partition coefficient (Wildman–Crippen LogP) is 4.47. The Labute approximate surface area is 147 Å². The molecular weight excluding hydrogens is 314 g/mol. The van der Waals surface area contributed by atoms with Gasteiger partial charge in [-0.25, -0.2) is 0 Å². The third kappa shape index (κ3) is 3.80. The second-order valence-electron chi connectivity index (χ2n) is 5.67. The molecule has 0 aliphatic heterocycles. The SMILES string of the molecule is CCOC(=N)C(O)c1c(OCc2ccccc2)ccc2ccccc12. The zero-order valence-corrected chi connectivity index (χ0v) is 14.1. The molecule has 0 fully saturated rings. The highest BCUT2D eigenvalue weighted by Crippen LogP contribution is 2.34. The average molecular weight is 335 g/mol. The van der Waals surface area contributed by atoms with Gasteiger partial charge in [0.25, 0.3) is 0 Å². The van der Waals surface area contributed by atoms with Gasteiger partial charge >= 0.3 is 0 Å². The van der Waals surface area contributed by atoms with Gasteiger partial charge in [-0.05, 0) is 29.3 Å². The van der Waals surface area contributed by atoms with Crippen molar-refractivity contribution < 1.29 is 14.6 Å². The molecule has 0 saturated carbocycles. The quantitative estimate of drug-likeness (QED) is 0.516. The molecule has 1 atom stereocenters. The van der Waals surface area contributed by atoms with E-state index < -0.39 is 6.10 Å². The van der Waals surface area contributed by atoms with Gasteiger partial charge in [0.15, 0.2) is 6.10 Å². The summed E-state index contributed by atoms with van der Waals surface area (Å²) in [4.78, 5) is 0. The Balaban J connectivity index is 1.99. The molecule has 3 aromatic carbocycles. The summed E-state index contributed by atoms with van der Waals surface area (Å²) in [5.74, 6) is 0.378. The minimum Gasteiger partial charge on any atom is -0.488 e. The molecule has 0 spiro atoms. The summed E-state index contributed by atoms with van der Waals surface area (Å²) >= 11 is 0. The van der Waals surface area contributed by atoms with E-state index in [1.807, 2.05) is 66.7 Å². The molecule has 0 bridgehead atoms. The van der Waals surface area contributed by atoms with Crippen LogP contribution in [0.1, 0.15) is 24.2 Å². The van der Waals surface area contributed by atoms with Gasteiger partial charge in [-0.1, -0.05) is 60.7 Å². The van der Waals surface area contributed by atoms with Gasteiger partial charge in [0.2, 0.25) is 5.90 Å². The normalized spacial score (nSPS) is 11.9. The molecular formula is C21H21NO3. The van der Waals surface area contributed by atoms with E-state index in [1.165, 1.54) is 0 Å². The fourth-order valence-electron chi connectivity index (χ4n) is 2.78.